The van der Waals surface area contributed by atoms with Gasteiger partial charge < -0.3 is 0 Å². The molecule has 0 saturated carbocycles. The van der Waals surface area contributed by atoms with Crippen molar-refractivity contribution in [1.29, 1.82) is 0 Å². The van der Waals surface area contributed by atoms with Crippen LogP contribution in [0.5, 0.6) is 0 Å². The van der Waals surface area contributed by atoms with E-state index in [1.165, 1.54) is 0 Å². The van der Waals surface area contributed by atoms with E-state index in [2.05, 4.69) is 19.1 Å². The van der Waals surface area contributed by atoms with Crippen LogP contribution < -0.4 is 0 Å². The summed E-state index contributed by atoms with van der Waals surface area (Å²) < 4.78 is 80.1. The largest absolute Gasteiger partial charge is 0.416 e. The number of alkyl halides is 6. The van der Waals surface area contributed by atoms with Crippen molar-refractivity contribution < 1.29 is 26.3 Å². The molecule has 0 bridgehead atoms. The predicted molar refractivity (Wildman–Crippen MR) is 140 cm³/mol. The first-order chi connectivity index (χ1) is 18.5. The lowest BCUT2D eigenvalue weighted by Crippen LogP contribution is -2.30. The molecule has 0 saturated heterocycles. The Kier molecular flexibility index (Phi) is 5.04. The van der Waals surface area contributed by atoms with Crippen molar-refractivity contribution in [3.63, 3.8) is 0 Å². The number of benzene rings is 4. The summed E-state index contributed by atoms with van der Waals surface area (Å²) in [6.45, 7) is 2.15. The summed E-state index contributed by atoms with van der Waals surface area (Å²) in [6, 6.07) is 18.6. The predicted octanol–water partition coefficient (Wildman–Crippen LogP) is 10.5. The molecule has 3 unspecified atom stereocenters. The molecule has 39 heavy (non-hydrogen) atoms. The van der Waals surface area contributed by atoms with Crippen LogP contribution >= 0.6 is 0 Å². The van der Waals surface area contributed by atoms with Gasteiger partial charge in [-0.25, -0.2) is 0 Å². The van der Waals surface area contributed by atoms with Crippen molar-refractivity contribution in [2.75, 3.05) is 0 Å². The Balaban J connectivity index is 1.51. The molecule has 3 aliphatic carbocycles. The van der Waals surface area contributed by atoms with Gasteiger partial charge in [-0.1, -0.05) is 67.6 Å². The first-order valence-corrected chi connectivity index (χ1v) is 12.9. The molecule has 6 heteroatoms. The van der Waals surface area contributed by atoms with E-state index in [-0.39, 0.29) is 11.8 Å². The summed E-state index contributed by atoms with van der Waals surface area (Å²) in [6.07, 6.45) is -3.56. The number of hydrogen-bond acceptors (Lipinski definition) is 0. The zero-order chi connectivity index (χ0) is 27.3. The Hall–Kier alpha value is -3.80. The van der Waals surface area contributed by atoms with Gasteiger partial charge in [0, 0.05) is 5.92 Å². The zero-order valence-corrected chi connectivity index (χ0v) is 20.8. The van der Waals surface area contributed by atoms with Gasteiger partial charge in [0.25, 0.3) is 0 Å². The maximum atomic E-state index is 13.4. The fourth-order valence-electron chi connectivity index (χ4n) is 6.73. The van der Waals surface area contributed by atoms with Crippen LogP contribution in [-0.2, 0) is 12.4 Å². The first kappa shape index (κ1) is 24.3. The second-order valence-electron chi connectivity index (χ2n) is 10.8. The molecule has 0 fully saturated rings. The van der Waals surface area contributed by atoms with Gasteiger partial charge in [0.2, 0.25) is 0 Å². The minimum absolute atomic E-state index is 0.111. The Morgan fingerprint density at radius 1 is 0.564 bits per heavy atom. The molecule has 4 aromatic carbocycles. The van der Waals surface area contributed by atoms with Crippen LogP contribution in [0.4, 0.5) is 26.3 Å². The average molecular weight is 533 g/mol. The fraction of sp³-hybridized carbons (Fsp3) is 0.212. The second kappa shape index (κ2) is 8.10. The Labute approximate surface area is 221 Å². The minimum atomic E-state index is -4.43. The molecule has 0 radical (unpaired) electrons. The Bertz CT molecular complexity index is 1650. The third-order valence-electron chi connectivity index (χ3n) is 8.46. The number of hydrogen-bond donors (Lipinski definition) is 0. The molecule has 0 amide bonds. The van der Waals surface area contributed by atoms with Crippen LogP contribution in [0.25, 0.3) is 44.5 Å². The van der Waals surface area contributed by atoms with E-state index < -0.39 is 23.5 Å². The molecule has 3 atom stereocenters. The van der Waals surface area contributed by atoms with E-state index in [1.54, 1.807) is 24.3 Å². The molecule has 0 N–H and O–H groups in total. The summed E-state index contributed by atoms with van der Waals surface area (Å²) in [5.41, 5.74) is 8.08. The molecule has 0 heterocycles. The number of allylic oxidation sites excluding steroid dienone is 2. The number of halogens is 6. The summed E-state index contributed by atoms with van der Waals surface area (Å²) >= 11 is 0. The highest BCUT2D eigenvalue weighted by molar-refractivity contribution is 6.16. The van der Waals surface area contributed by atoms with E-state index in [9.17, 15) is 26.3 Å². The van der Waals surface area contributed by atoms with Crippen molar-refractivity contribution in [2.45, 2.75) is 37.5 Å². The van der Waals surface area contributed by atoms with Crippen molar-refractivity contribution in [3.05, 3.63) is 107 Å². The smallest absolute Gasteiger partial charge is 0.166 e. The quantitative estimate of drug-likeness (QED) is 0.157. The first-order valence-electron chi connectivity index (χ1n) is 12.9. The number of rotatable bonds is 2. The van der Waals surface area contributed by atoms with Gasteiger partial charge in [0.1, 0.15) is 0 Å². The lowest BCUT2D eigenvalue weighted by molar-refractivity contribution is -0.138. The lowest BCUT2D eigenvalue weighted by Gasteiger charge is -2.48. The third kappa shape index (κ3) is 3.53. The Morgan fingerprint density at radius 3 is 1.49 bits per heavy atom. The summed E-state index contributed by atoms with van der Waals surface area (Å²) in [5, 5.41) is 0. The average Bonchev–Trinajstić information content (AvgIpc) is 2.88. The Morgan fingerprint density at radius 2 is 1.03 bits per heavy atom. The topological polar surface area (TPSA) is 0 Å². The van der Waals surface area contributed by atoms with Gasteiger partial charge in [-0.3, -0.25) is 0 Å². The van der Waals surface area contributed by atoms with Crippen LogP contribution in [0.15, 0.2) is 84.9 Å². The van der Waals surface area contributed by atoms with Gasteiger partial charge in [-0.2, -0.15) is 26.3 Å². The monoisotopic (exact) mass is 532 g/mol. The lowest BCUT2D eigenvalue weighted by atomic mass is 9.55. The summed E-state index contributed by atoms with van der Waals surface area (Å²) in [7, 11) is 0. The van der Waals surface area contributed by atoms with Gasteiger partial charge in [0.05, 0.1) is 11.1 Å². The van der Waals surface area contributed by atoms with Gasteiger partial charge >= 0.3 is 12.4 Å². The molecule has 7 rings (SSSR count). The van der Waals surface area contributed by atoms with Crippen molar-refractivity contribution >= 4 is 0 Å². The van der Waals surface area contributed by atoms with Gasteiger partial charge in [0.15, 0.2) is 0 Å². The molecule has 3 aliphatic rings. The van der Waals surface area contributed by atoms with E-state index in [4.69, 9.17) is 0 Å². The molecule has 196 valence electrons. The van der Waals surface area contributed by atoms with Crippen molar-refractivity contribution in [1.82, 2.24) is 0 Å². The fourth-order valence-corrected chi connectivity index (χ4v) is 6.73. The summed E-state index contributed by atoms with van der Waals surface area (Å²) in [4.78, 5) is 0. The van der Waals surface area contributed by atoms with Crippen molar-refractivity contribution in [2.24, 2.45) is 5.92 Å². The standard InChI is InChI=1S/C33H22F6/c1-17-6-15-24-25(16-17)31-27(19-9-13-21(14-10-19)33(37,38)39)29-23-5-3-2-4-22(23)28(29)26(30(24)31)18-7-11-20(12-8-18)32(34,35)36/h2-15,17,24-25H,16H2,1H3. The van der Waals surface area contributed by atoms with Crippen molar-refractivity contribution in [3.8, 4) is 44.5 Å². The molecule has 0 aromatic heterocycles. The molecular weight excluding hydrogens is 510 g/mol. The highest BCUT2D eigenvalue weighted by Crippen LogP contribution is 2.67. The summed E-state index contributed by atoms with van der Waals surface area (Å²) in [5.74, 6) is 0.663. The van der Waals surface area contributed by atoms with Crippen LogP contribution in [0.2, 0.25) is 0 Å². The minimum Gasteiger partial charge on any atom is -0.166 e. The van der Waals surface area contributed by atoms with E-state index >= 15 is 0 Å². The van der Waals surface area contributed by atoms with Gasteiger partial charge in [-0.05, 0) is 98.2 Å². The maximum absolute atomic E-state index is 13.4. The normalized spacial score (nSPS) is 20.7. The molecule has 0 nitrogen and oxygen atoms in total. The van der Waals surface area contributed by atoms with E-state index in [1.807, 2.05) is 24.3 Å². The molecule has 0 aliphatic heterocycles. The zero-order valence-electron chi connectivity index (χ0n) is 20.8. The SMILES string of the molecule is CC1C=CC2c3c(-c4ccc(C(F)(F)F)cc4)c4c(c(-c5ccc(C(F)(F)F)cc5)c3C2C1)-c1ccccc1-4. The van der Waals surface area contributed by atoms with E-state index in [0.717, 1.165) is 86.3 Å². The highest BCUT2D eigenvalue weighted by Gasteiger charge is 2.47. The molecule has 0 spiro atoms. The second-order valence-corrected chi connectivity index (χ2v) is 10.8. The molecular formula is C33H22F6. The van der Waals surface area contributed by atoms with Gasteiger partial charge in [-0.15, -0.1) is 0 Å². The van der Waals surface area contributed by atoms with Crippen LogP contribution in [0.3, 0.4) is 0 Å². The van der Waals surface area contributed by atoms with Crippen LogP contribution in [0, 0.1) is 5.92 Å². The van der Waals surface area contributed by atoms with Crippen LogP contribution in [-0.4, -0.2) is 0 Å². The maximum Gasteiger partial charge on any atom is 0.416 e. The number of fused-ring (bicyclic) bond motifs is 8. The van der Waals surface area contributed by atoms with E-state index in [0.29, 0.717) is 5.92 Å². The third-order valence-corrected chi connectivity index (χ3v) is 8.46. The molecule has 4 aromatic rings. The van der Waals surface area contributed by atoms with Crippen LogP contribution in [0.1, 0.15) is 47.4 Å². The highest BCUT2D eigenvalue weighted by atomic mass is 19.4.